The molecule has 0 saturated carbocycles. The zero-order valence-corrected chi connectivity index (χ0v) is 7.56. The van der Waals surface area contributed by atoms with Gasteiger partial charge >= 0.3 is 19.5 Å². The molecule has 0 aliphatic carbocycles. The van der Waals surface area contributed by atoms with Crippen LogP contribution in [0.15, 0.2) is 0 Å². The lowest BCUT2D eigenvalue weighted by Gasteiger charge is -2.19. The van der Waals surface area contributed by atoms with Crippen molar-refractivity contribution >= 4 is 19.5 Å². The van der Waals surface area contributed by atoms with Crippen LogP contribution in [-0.2, 0) is 14.2 Å². The first-order chi connectivity index (χ1) is 5.59. The summed E-state index contributed by atoms with van der Waals surface area (Å²) < 4.78 is 10.4. The highest BCUT2D eigenvalue weighted by molar-refractivity contribution is 7.51. The van der Waals surface area contributed by atoms with Crippen molar-refractivity contribution < 1.29 is 34.2 Å². The monoisotopic (exact) mass is 212 g/mol. The predicted octanol–water partition coefficient (Wildman–Crippen LogP) is -0.660. The first-order valence-corrected chi connectivity index (χ1v) is 4.91. The van der Waals surface area contributed by atoms with E-state index >= 15 is 0 Å². The highest BCUT2D eigenvalue weighted by atomic mass is 31.2. The molecular weight excluding hydrogens is 203 g/mol. The van der Waals surface area contributed by atoms with E-state index in [2.05, 4.69) is 0 Å². The average Bonchev–Trinajstić information content (AvgIpc) is 1.82. The van der Waals surface area contributed by atoms with Crippen LogP contribution in [-0.4, -0.2) is 38.1 Å². The zero-order valence-electron chi connectivity index (χ0n) is 6.67. The SMILES string of the molecule is CC(CP(=O)(O)O)(C(=O)O)C(=O)O. The van der Waals surface area contributed by atoms with Gasteiger partial charge in [-0.2, -0.15) is 0 Å². The van der Waals surface area contributed by atoms with E-state index in [0.717, 1.165) is 6.92 Å². The summed E-state index contributed by atoms with van der Waals surface area (Å²) in [5.74, 6) is -3.55. The van der Waals surface area contributed by atoms with Crippen molar-refractivity contribution in [3.05, 3.63) is 0 Å². The quantitative estimate of drug-likeness (QED) is 0.359. The van der Waals surface area contributed by atoms with Gasteiger partial charge in [0.25, 0.3) is 0 Å². The van der Waals surface area contributed by atoms with Crippen LogP contribution in [0.3, 0.4) is 0 Å². The van der Waals surface area contributed by atoms with Crippen LogP contribution in [0.25, 0.3) is 0 Å². The maximum absolute atomic E-state index is 10.4. The number of carbonyl (C=O) groups is 2. The molecule has 0 unspecified atom stereocenters. The normalized spacial score (nSPS) is 12.5. The first-order valence-electron chi connectivity index (χ1n) is 3.11. The molecule has 13 heavy (non-hydrogen) atoms. The molecule has 0 radical (unpaired) electrons. The van der Waals surface area contributed by atoms with Crippen molar-refractivity contribution in [2.45, 2.75) is 6.92 Å². The summed E-state index contributed by atoms with van der Waals surface area (Å²) in [4.78, 5) is 37.7. The molecule has 7 nitrogen and oxygen atoms in total. The Morgan fingerprint density at radius 1 is 1.23 bits per heavy atom. The Bertz CT molecular complexity index is 263. The molecular formula is C5H9O7P. The molecule has 0 aliphatic rings. The first kappa shape index (κ1) is 12.1. The maximum atomic E-state index is 10.4. The topological polar surface area (TPSA) is 132 Å². The van der Waals surface area contributed by atoms with Crippen molar-refractivity contribution in [3.63, 3.8) is 0 Å². The molecule has 0 aromatic heterocycles. The number of carboxylic acids is 2. The molecule has 0 aromatic carbocycles. The lowest BCUT2D eigenvalue weighted by atomic mass is 9.94. The van der Waals surface area contributed by atoms with Gasteiger partial charge < -0.3 is 20.0 Å². The Balaban J connectivity index is 4.95. The molecule has 0 saturated heterocycles. The van der Waals surface area contributed by atoms with Crippen LogP contribution in [0.4, 0.5) is 0 Å². The van der Waals surface area contributed by atoms with Gasteiger partial charge in [0, 0.05) is 0 Å². The second-order valence-electron chi connectivity index (χ2n) is 2.77. The summed E-state index contributed by atoms with van der Waals surface area (Å²) in [6.45, 7) is 0.747. The Labute approximate surface area is 73.2 Å². The van der Waals surface area contributed by atoms with Crippen molar-refractivity contribution in [1.29, 1.82) is 0 Å². The molecule has 0 atom stereocenters. The smallest absolute Gasteiger partial charge is 0.327 e. The number of hydrogen-bond donors (Lipinski definition) is 4. The summed E-state index contributed by atoms with van der Waals surface area (Å²) in [5, 5.41) is 16.9. The summed E-state index contributed by atoms with van der Waals surface area (Å²) >= 11 is 0. The summed E-state index contributed by atoms with van der Waals surface area (Å²) in [6.07, 6.45) is -1.22. The summed E-state index contributed by atoms with van der Waals surface area (Å²) in [6, 6.07) is 0. The molecule has 4 N–H and O–H groups in total. The predicted molar refractivity (Wildman–Crippen MR) is 40.3 cm³/mol. The van der Waals surface area contributed by atoms with Gasteiger partial charge in [0.05, 0.1) is 6.16 Å². The Morgan fingerprint density at radius 2 is 1.54 bits per heavy atom. The Hall–Kier alpha value is -0.910. The van der Waals surface area contributed by atoms with E-state index in [1.165, 1.54) is 0 Å². The van der Waals surface area contributed by atoms with Gasteiger partial charge in [-0.15, -0.1) is 0 Å². The van der Waals surface area contributed by atoms with E-state index in [1.807, 2.05) is 0 Å². The molecule has 8 heteroatoms. The Morgan fingerprint density at radius 3 is 1.62 bits per heavy atom. The van der Waals surface area contributed by atoms with Gasteiger partial charge in [-0.1, -0.05) is 0 Å². The zero-order chi connectivity index (χ0) is 10.9. The van der Waals surface area contributed by atoms with E-state index in [1.54, 1.807) is 0 Å². The highest BCUT2D eigenvalue weighted by Crippen LogP contribution is 2.42. The van der Waals surface area contributed by atoms with Gasteiger partial charge in [0.15, 0.2) is 5.41 Å². The van der Waals surface area contributed by atoms with E-state index < -0.39 is 31.1 Å². The number of rotatable bonds is 4. The lowest BCUT2D eigenvalue weighted by Crippen LogP contribution is -2.39. The van der Waals surface area contributed by atoms with E-state index in [9.17, 15) is 14.2 Å². The fourth-order valence-electron chi connectivity index (χ4n) is 0.639. The Kier molecular flexibility index (Phi) is 3.21. The second kappa shape index (κ2) is 3.45. The molecule has 0 bridgehead atoms. The molecule has 0 heterocycles. The third-order valence-corrected chi connectivity index (χ3v) is 2.51. The third-order valence-electron chi connectivity index (χ3n) is 1.47. The second-order valence-corrected chi connectivity index (χ2v) is 4.41. The molecule has 76 valence electrons. The van der Waals surface area contributed by atoms with Crippen molar-refractivity contribution in [2.24, 2.45) is 5.41 Å². The van der Waals surface area contributed by atoms with Crippen molar-refractivity contribution in [1.82, 2.24) is 0 Å². The minimum absolute atomic E-state index is 0.747. The lowest BCUT2D eigenvalue weighted by molar-refractivity contribution is -0.161. The minimum Gasteiger partial charge on any atom is -0.480 e. The number of aliphatic carboxylic acids is 2. The molecule has 0 aromatic rings. The number of hydrogen-bond acceptors (Lipinski definition) is 3. The van der Waals surface area contributed by atoms with E-state index in [0.29, 0.717) is 0 Å². The van der Waals surface area contributed by atoms with Crippen LogP contribution >= 0.6 is 7.60 Å². The van der Waals surface area contributed by atoms with Crippen LogP contribution in [0.5, 0.6) is 0 Å². The van der Waals surface area contributed by atoms with Crippen LogP contribution in [0.2, 0.25) is 0 Å². The maximum Gasteiger partial charge on any atom is 0.327 e. The van der Waals surface area contributed by atoms with Crippen LogP contribution in [0.1, 0.15) is 6.92 Å². The van der Waals surface area contributed by atoms with Crippen LogP contribution in [0, 0.1) is 5.41 Å². The molecule has 0 aliphatic heterocycles. The van der Waals surface area contributed by atoms with Gasteiger partial charge in [0.1, 0.15) is 0 Å². The highest BCUT2D eigenvalue weighted by Gasteiger charge is 2.46. The largest absolute Gasteiger partial charge is 0.480 e. The molecule has 0 amide bonds. The third kappa shape index (κ3) is 3.14. The standard InChI is InChI=1S/C5H9O7P/c1-5(3(6)7,4(8)9)2-13(10,11)12/h2H2,1H3,(H,6,7)(H,8,9)(H2,10,11,12). The fourth-order valence-corrected chi connectivity index (χ4v) is 1.73. The molecule has 0 rings (SSSR count). The van der Waals surface area contributed by atoms with Gasteiger partial charge in [-0.25, -0.2) is 0 Å². The van der Waals surface area contributed by atoms with Crippen LogP contribution < -0.4 is 0 Å². The van der Waals surface area contributed by atoms with Crippen molar-refractivity contribution in [3.8, 4) is 0 Å². The van der Waals surface area contributed by atoms with Crippen molar-refractivity contribution in [2.75, 3.05) is 6.16 Å². The van der Waals surface area contributed by atoms with Gasteiger partial charge in [-0.3, -0.25) is 14.2 Å². The van der Waals surface area contributed by atoms with E-state index in [4.69, 9.17) is 20.0 Å². The van der Waals surface area contributed by atoms with Gasteiger partial charge in [0.2, 0.25) is 0 Å². The summed E-state index contributed by atoms with van der Waals surface area (Å²) in [5.41, 5.74) is -2.45. The molecule has 0 spiro atoms. The summed E-state index contributed by atoms with van der Waals surface area (Å²) in [7, 11) is -4.66. The minimum atomic E-state index is -4.66. The molecule has 0 fully saturated rings. The van der Waals surface area contributed by atoms with E-state index in [-0.39, 0.29) is 0 Å². The average molecular weight is 212 g/mol. The van der Waals surface area contributed by atoms with Gasteiger partial charge in [-0.05, 0) is 6.92 Å². The fraction of sp³-hybridized carbons (Fsp3) is 0.600. The number of carboxylic acid groups (broad SMARTS) is 2.